The number of carbonyl (C=O) groups is 1. The molecule has 1 saturated heterocycles. The highest BCUT2D eigenvalue weighted by atomic mass is 19.3. The quantitative estimate of drug-likeness (QED) is 0.480. The monoisotopic (exact) mass is 375 g/mol. The van der Waals surface area contributed by atoms with Crippen molar-refractivity contribution >= 4 is 17.8 Å². The first-order valence-corrected chi connectivity index (χ1v) is 7.94. The van der Waals surface area contributed by atoms with Gasteiger partial charge in [-0.2, -0.15) is 8.78 Å². The predicted molar refractivity (Wildman–Crippen MR) is 91.7 cm³/mol. The molecule has 0 aliphatic carbocycles. The van der Waals surface area contributed by atoms with Gasteiger partial charge in [0.15, 0.2) is 0 Å². The summed E-state index contributed by atoms with van der Waals surface area (Å²) in [6.07, 6.45) is 0. The van der Waals surface area contributed by atoms with Crippen molar-refractivity contribution in [3.63, 3.8) is 0 Å². The molecule has 26 heavy (non-hydrogen) atoms. The highest BCUT2D eigenvalue weighted by Gasteiger charge is 2.21. The summed E-state index contributed by atoms with van der Waals surface area (Å²) in [7, 11) is 0. The topological polar surface area (TPSA) is 93.9 Å². The third-order valence-corrected chi connectivity index (χ3v) is 3.24. The smallest absolute Gasteiger partial charge is 0.387 e. The Labute approximate surface area is 150 Å². The fourth-order valence-electron chi connectivity index (χ4n) is 2.11. The summed E-state index contributed by atoms with van der Waals surface area (Å²) in [5, 5.41) is 13.9. The van der Waals surface area contributed by atoms with Crippen molar-refractivity contribution in [3.8, 4) is 5.75 Å². The average Bonchev–Trinajstić information content (AvgIpc) is 2.54. The van der Waals surface area contributed by atoms with E-state index in [4.69, 9.17) is 0 Å². The van der Waals surface area contributed by atoms with Crippen LogP contribution in [0, 0.1) is 10.1 Å². The lowest BCUT2D eigenvalue weighted by molar-refractivity contribution is -0.386. The van der Waals surface area contributed by atoms with Crippen molar-refractivity contribution in [2.75, 3.05) is 31.1 Å². The molecule has 0 bridgehead atoms. The van der Waals surface area contributed by atoms with Gasteiger partial charge in [-0.25, -0.2) is 0 Å². The predicted octanol–water partition coefficient (Wildman–Crippen LogP) is 2.56. The summed E-state index contributed by atoms with van der Waals surface area (Å²) in [5.41, 5.74) is -0.135. The normalized spacial score (nSPS) is 14.3. The number of halogens is 2. The zero-order valence-electron chi connectivity index (χ0n) is 14.9. The van der Waals surface area contributed by atoms with Crippen LogP contribution in [0.15, 0.2) is 18.2 Å². The molecule has 1 fully saturated rings. The van der Waals surface area contributed by atoms with Crippen LogP contribution in [0.4, 0.5) is 20.2 Å². The van der Waals surface area contributed by atoms with Crippen LogP contribution in [0.5, 0.6) is 5.75 Å². The van der Waals surface area contributed by atoms with Crippen LogP contribution >= 0.6 is 0 Å². The van der Waals surface area contributed by atoms with Gasteiger partial charge in [0.1, 0.15) is 5.60 Å². The van der Waals surface area contributed by atoms with Crippen molar-refractivity contribution in [3.05, 3.63) is 28.3 Å². The molecule has 1 N–H and O–H groups in total. The Kier molecular flexibility index (Phi) is 8.17. The van der Waals surface area contributed by atoms with Gasteiger partial charge in [-0.05, 0) is 26.8 Å². The van der Waals surface area contributed by atoms with Gasteiger partial charge in [-0.15, -0.1) is 0 Å². The van der Waals surface area contributed by atoms with E-state index < -0.39 is 23.0 Å². The van der Waals surface area contributed by atoms with E-state index in [-0.39, 0.29) is 5.60 Å². The van der Waals surface area contributed by atoms with Gasteiger partial charge in [-0.1, -0.05) is 0 Å². The number of hydrogen-bond donors (Lipinski definition) is 1. The number of benzene rings is 1. The van der Waals surface area contributed by atoms with Gasteiger partial charge in [-0.3, -0.25) is 14.9 Å². The van der Waals surface area contributed by atoms with Crippen molar-refractivity contribution < 1.29 is 28.0 Å². The second kappa shape index (κ2) is 9.85. The van der Waals surface area contributed by atoms with E-state index in [0.717, 1.165) is 13.1 Å². The van der Waals surface area contributed by atoms with E-state index >= 15 is 0 Å². The third kappa shape index (κ3) is 7.60. The summed E-state index contributed by atoms with van der Waals surface area (Å²) >= 11 is 0. The van der Waals surface area contributed by atoms with Crippen LogP contribution in [0.3, 0.4) is 0 Å². The third-order valence-electron chi connectivity index (χ3n) is 3.24. The molecule has 0 saturated carbocycles. The van der Waals surface area contributed by atoms with E-state index in [1.54, 1.807) is 6.07 Å². The fourth-order valence-corrected chi connectivity index (χ4v) is 2.11. The maximum atomic E-state index is 12.3. The molecule has 0 amide bonds. The lowest BCUT2D eigenvalue weighted by Crippen LogP contribution is -2.43. The minimum atomic E-state index is -3.09. The lowest BCUT2D eigenvalue weighted by Gasteiger charge is -2.29. The number of anilines is 1. The van der Waals surface area contributed by atoms with Gasteiger partial charge in [0.05, 0.1) is 4.92 Å². The largest absolute Gasteiger partial charge is 0.462 e. The maximum Gasteiger partial charge on any atom is 0.387 e. The van der Waals surface area contributed by atoms with Crippen LogP contribution in [-0.4, -0.2) is 49.8 Å². The Morgan fingerprint density at radius 1 is 1.31 bits per heavy atom. The number of ether oxygens (including phenoxy) is 2. The molecule has 2 rings (SSSR count). The van der Waals surface area contributed by atoms with E-state index in [0.29, 0.717) is 25.2 Å². The minimum absolute atomic E-state index is 0.318. The van der Waals surface area contributed by atoms with E-state index in [1.165, 1.54) is 12.1 Å². The molecule has 0 unspecified atom stereocenters. The van der Waals surface area contributed by atoms with Gasteiger partial charge in [0.2, 0.25) is 5.75 Å². The average molecular weight is 375 g/mol. The fraction of sp³-hybridized carbons (Fsp3) is 0.562. The SMILES string of the molecule is CC(C)(C)OC=O.O=[N+]([O-])c1ccc(N2CCNCC2)cc1OC(F)F. The number of rotatable bonds is 5. The molecule has 0 spiro atoms. The van der Waals surface area contributed by atoms with Crippen LogP contribution in [0.1, 0.15) is 20.8 Å². The molecule has 8 nitrogen and oxygen atoms in total. The Hall–Kier alpha value is -2.49. The zero-order chi connectivity index (χ0) is 19.7. The van der Waals surface area contributed by atoms with Crippen LogP contribution in [0.25, 0.3) is 0 Å². The molecule has 0 radical (unpaired) electrons. The molecular weight excluding hydrogens is 352 g/mol. The number of nitro groups is 1. The molecule has 0 atom stereocenters. The molecule has 1 aliphatic heterocycles. The number of nitro benzene ring substituents is 1. The Morgan fingerprint density at radius 3 is 2.35 bits per heavy atom. The number of alkyl halides is 2. The Morgan fingerprint density at radius 2 is 1.92 bits per heavy atom. The number of hydrogen-bond acceptors (Lipinski definition) is 7. The number of piperazine rings is 1. The van der Waals surface area contributed by atoms with Crippen molar-refractivity contribution in [2.24, 2.45) is 0 Å². The van der Waals surface area contributed by atoms with Crippen LogP contribution in [0.2, 0.25) is 0 Å². The summed E-state index contributed by atoms with van der Waals surface area (Å²) in [6.45, 7) is 5.82. The minimum Gasteiger partial charge on any atom is -0.462 e. The van der Waals surface area contributed by atoms with Crippen LogP contribution in [-0.2, 0) is 9.53 Å². The summed E-state index contributed by atoms with van der Waals surface area (Å²) < 4.78 is 33.3. The van der Waals surface area contributed by atoms with Crippen molar-refractivity contribution in [2.45, 2.75) is 33.0 Å². The molecule has 1 aliphatic rings. The van der Waals surface area contributed by atoms with Gasteiger partial charge < -0.3 is 19.7 Å². The van der Waals surface area contributed by atoms with Gasteiger partial charge in [0, 0.05) is 44.0 Å². The number of nitrogens with one attached hydrogen (secondary N) is 1. The first-order valence-electron chi connectivity index (χ1n) is 7.94. The Balaban J connectivity index is 0.000000412. The van der Waals surface area contributed by atoms with E-state index in [9.17, 15) is 23.7 Å². The summed E-state index contributed by atoms with van der Waals surface area (Å²) in [4.78, 5) is 21.6. The molecule has 1 aromatic carbocycles. The number of nitrogens with zero attached hydrogens (tertiary/aromatic N) is 2. The maximum absolute atomic E-state index is 12.3. The van der Waals surface area contributed by atoms with E-state index in [2.05, 4.69) is 14.8 Å². The highest BCUT2D eigenvalue weighted by molar-refractivity contribution is 5.59. The van der Waals surface area contributed by atoms with Crippen molar-refractivity contribution in [1.82, 2.24) is 5.32 Å². The lowest BCUT2D eigenvalue weighted by atomic mass is 10.2. The molecule has 146 valence electrons. The van der Waals surface area contributed by atoms with E-state index in [1.807, 2.05) is 25.7 Å². The first-order chi connectivity index (χ1) is 12.1. The summed E-state index contributed by atoms with van der Waals surface area (Å²) in [5.74, 6) is -0.406. The van der Waals surface area contributed by atoms with Gasteiger partial charge >= 0.3 is 12.3 Å². The molecular formula is C16H23F2N3O5. The van der Waals surface area contributed by atoms with Crippen LogP contribution < -0.4 is 15.0 Å². The number of carbonyl (C=O) groups excluding carboxylic acids is 1. The second-order valence-corrected chi connectivity index (χ2v) is 6.35. The first kappa shape index (κ1) is 21.6. The standard InChI is InChI=1S/C11H13F2N3O3.C5H10O2/c12-11(13)19-10-7-8(1-2-9(10)16(17)18)15-5-3-14-4-6-15;1-5(2,3)7-4-6/h1-2,7,11,14H,3-6H2;4H,1-3H3. The van der Waals surface area contributed by atoms with Gasteiger partial charge in [0.25, 0.3) is 6.47 Å². The Bertz CT molecular complexity index is 602. The summed E-state index contributed by atoms with van der Waals surface area (Å²) in [6, 6.07) is 4.02. The molecule has 10 heteroatoms. The highest BCUT2D eigenvalue weighted by Crippen LogP contribution is 2.32. The molecule has 1 heterocycles. The van der Waals surface area contributed by atoms with Crippen molar-refractivity contribution in [1.29, 1.82) is 0 Å². The second-order valence-electron chi connectivity index (χ2n) is 6.35. The zero-order valence-corrected chi connectivity index (χ0v) is 14.9. The molecule has 1 aromatic rings. The molecule has 0 aromatic heterocycles.